The molecule has 30 heavy (non-hydrogen) atoms. The topological polar surface area (TPSA) is 82.9 Å². The Balaban J connectivity index is 1.49. The van der Waals surface area contributed by atoms with Crippen molar-refractivity contribution in [3.05, 3.63) is 71.3 Å². The van der Waals surface area contributed by atoms with Gasteiger partial charge in [0, 0.05) is 12.8 Å². The lowest BCUT2D eigenvalue weighted by Gasteiger charge is -2.02. The Kier molecular flexibility index (Phi) is 9.85. The van der Waals surface area contributed by atoms with Crippen LogP contribution in [0.5, 0.6) is 0 Å². The summed E-state index contributed by atoms with van der Waals surface area (Å²) in [6, 6.07) is 11.5. The molecular formula is C22H24F2N4O2. The molecule has 6 nitrogen and oxygen atoms in total. The molecule has 0 aromatic heterocycles. The summed E-state index contributed by atoms with van der Waals surface area (Å²) in [5.41, 5.74) is 6.24. The number of rotatable bonds is 11. The van der Waals surface area contributed by atoms with E-state index in [1.807, 2.05) is 0 Å². The Hall–Kier alpha value is -3.42. The molecule has 0 atom stereocenters. The molecule has 0 heterocycles. The average Bonchev–Trinajstić information content (AvgIpc) is 2.73. The lowest BCUT2D eigenvalue weighted by atomic mass is 10.1. The van der Waals surface area contributed by atoms with E-state index >= 15 is 0 Å². The number of hydrogen-bond acceptors (Lipinski definition) is 4. The Bertz CT molecular complexity index is 792. The molecule has 0 aliphatic carbocycles. The summed E-state index contributed by atoms with van der Waals surface area (Å²) in [5.74, 6) is -1.04. The third kappa shape index (κ3) is 9.68. The van der Waals surface area contributed by atoms with Crippen LogP contribution in [-0.2, 0) is 9.59 Å². The summed E-state index contributed by atoms with van der Waals surface area (Å²) in [5, 5.41) is 7.66. The normalized spacial score (nSPS) is 11.1. The smallest absolute Gasteiger partial charge is 0.240 e. The lowest BCUT2D eigenvalue weighted by molar-refractivity contribution is -0.122. The molecule has 0 radical (unpaired) electrons. The van der Waals surface area contributed by atoms with E-state index in [0.29, 0.717) is 36.8 Å². The molecule has 0 bridgehead atoms. The minimum Gasteiger partial charge on any atom is -0.273 e. The highest BCUT2D eigenvalue weighted by Gasteiger charge is 2.02. The first-order chi connectivity index (χ1) is 14.5. The van der Waals surface area contributed by atoms with Crippen LogP contribution in [0.15, 0.2) is 58.7 Å². The van der Waals surface area contributed by atoms with E-state index in [-0.39, 0.29) is 23.4 Å². The molecule has 8 heteroatoms. The van der Waals surface area contributed by atoms with Gasteiger partial charge in [-0.2, -0.15) is 10.2 Å². The van der Waals surface area contributed by atoms with Crippen LogP contribution < -0.4 is 10.9 Å². The van der Waals surface area contributed by atoms with Gasteiger partial charge in [0.25, 0.3) is 0 Å². The number of carbonyl (C=O) groups excluding carboxylic acids is 2. The van der Waals surface area contributed by atoms with Crippen molar-refractivity contribution in [2.75, 3.05) is 0 Å². The molecule has 0 aliphatic rings. The SMILES string of the molecule is O=C(CCCCCCC(=O)N/N=C\c1ccc(F)cc1)N/N=C\c1ccc(F)cc1. The van der Waals surface area contributed by atoms with Gasteiger partial charge in [0.15, 0.2) is 0 Å². The molecule has 0 saturated heterocycles. The molecule has 2 N–H and O–H groups in total. The number of nitrogens with one attached hydrogen (secondary N) is 2. The molecular weight excluding hydrogens is 390 g/mol. The van der Waals surface area contributed by atoms with Gasteiger partial charge in [-0.1, -0.05) is 37.1 Å². The second-order valence-electron chi connectivity index (χ2n) is 6.60. The first-order valence-electron chi connectivity index (χ1n) is 9.68. The number of hydrazone groups is 2. The van der Waals surface area contributed by atoms with Gasteiger partial charge in [-0.15, -0.1) is 0 Å². The van der Waals surface area contributed by atoms with Gasteiger partial charge >= 0.3 is 0 Å². The molecule has 0 aliphatic heterocycles. The van der Waals surface area contributed by atoms with E-state index in [2.05, 4.69) is 21.1 Å². The number of nitrogens with zero attached hydrogens (tertiary/aromatic N) is 2. The van der Waals surface area contributed by atoms with Crippen LogP contribution in [0.4, 0.5) is 8.78 Å². The van der Waals surface area contributed by atoms with Crippen LogP contribution in [0, 0.1) is 11.6 Å². The summed E-state index contributed by atoms with van der Waals surface area (Å²) in [6.07, 6.45) is 6.62. The lowest BCUT2D eigenvalue weighted by Crippen LogP contribution is -2.17. The standard InChI is InChI=1S/C22H24F2N4O2/c23-19-11-7-17(8-12-19)15-25-27-21(29)5-3-1-2-4-6-22(30)28-26-16-18-9-13-20(24)14-10-18/h7-16H,1-6H2,(H,27,29)(H,28,30)/b25-15-,26-16-. The third-order valence-electron chi connectivity index (χ3n) is 4.10. The Labute approximate surface area is 174 Å². The minimum absolute atomic E-state index is 0.193. The van der Waals surface area contributed by atoms with E-state index < -0.39 is 0 Å². The zero-order chi connectivity index (χ0) is 21.6. The van der Waals surface area contributed by atoms with Crippen molar-refractivity contribution < 1.29 is 18.4 Å². The van der Waals surface area contributed by atoms with Crippen molar-refractivity contribution in [2.24, 2.45) is 10.2 Å². The fourth-order valence-electron chi connectivity index (χ4n) is 2.49. The van der Waals surface area contributed by atoms with E-state index in [1.165, 1.54) is 36.7 Å². The van der Waals surface area contributed by atoms with Crippen LogP contribution in [0.25, 0.3) is 0 Å². The zero-order valence-electron chi connectivity index (χ0n) is 16.5. The molecule has 158 valence electrons. The summed E-state index contributed by atoms with van der Waals surface area (Å²) >= 11 is 0. The highest BCUT2D eigenvalue weighted by atomic mass is 19.1. The Morgan fingerprint density at radius 2 is 1.03 bits per heavy atom. The van der Waals surface area contributed by atoms with Gasteiger partial charge in [0.05, 0.1) is 12.4 Å². The van der Waals surface area contributed by atoms with Gasteiger partial charge in [0.1, 0.15) is 11.6 Å². The molecule has 0 fully saturated rings. The van der Waals surface area contributed by atoms with Crippen molar-refractivity contribution in [3.63, 3.8) is 0 Å². The molecule has 0 unspecified atom stereocenters. The first-order valence-corrected chi connectivity index (χ1v) is 9.68. The second-order valence-corrected chi connectivity index (χ2v) is 6.60. The van der Waals surface area contributed by atoms with E-state index in [0.717, 1.165) is 12.8 Å². The average molecular weight is 414 g/mol. The first kappa shape index (κ1) is 22.9. The maximum Gasteiger partial charge on any atom is 0.240 e. The maximum atomic E-state index is 12.8. The summed E-state index contributed by atoms with van der Waals surface area (Å²) in [7, 11) is 0. The van der Waals surface area contributed by atoms with Crippen molar-refractivity contribution in [3.8, 4) is 0 Å². The van der Waals surface area contributed by atoms with Crippen molar-refractivity contribution in [1.29, 1.82) is 0 Å². The van der Waals surface area contributed by atoms with Crippen molar-refractivity contribution >= 4 is 24.2 Å². The van der Waals surface area contributed by atoms with Gasteiger partial charge in [-0.3, -0.25) is 9.59 Å². The van der Waals surface area contributed by atoms with Crippen LogP contribution in [-0.4, -0.2) is 24.2 Å². The van der Waals surface area contributed by atoms with Gasteiger partial charge in [-0.25, -0.2) is 19.6 Å². The van der Waals surface area contributed by atoms with Crippen LogP contribution >= 0.6 is 0 Å². The molecule has 0 saturated carbocycles. The second kappa shape index (κ2) is 12.9. The summed E-state index contributed by atoms with van der Waals surface area (Å²) in [4.78, 5) is 23.4. The number of benzene rings is 2. The molecule has 0 spiro atoms. The molecule has 2 rings (SSSR count). The molecule has 2 aromatic carbocycles. The zero-order valence-corrected chi connectivity index (χ0v) is 16.5. The highest BCUT2D eigenvalue weighted by Crippen LogP contribution is 2.06. The van der Waals surface area contributed by atoms with Crippen LogP contribution in [0.1, 0.15) is 49.7 Å². The summed E-state index contributed by atoms with van der Waals surface area (Å²) in [6.45, 7) is 0. The fraction of sp³-hybridized carbons (Fsp3) is 0.273. The monoisotopic (exact) mass is 414 g/mol. The van der Waals surface area contributed by atoms with E-state index in [4.69, 9.17) is 0 Å². The number of unbranched alkanes of at least 4 members (excludes halogenated alkanes) is 3. The minimum atomic E-state index is -0.327. The van der Waals surface area contributed by atoms with Crippen LogP contribution in [0.3, 0.4) is 0 Å². The number of carbonyl (C=O) groups is 2. The maximum absolute atomic E-state index is 12.8. The number of hydrogen-bond donors (Lipinski definition) is 2. The van der Waals surface area contributed by atoms with Crippen LogP contribution in [0.2, 0.25) is 0 Å². The Morgan fingerprint density at radius 3 is 1.40 bits per heavy atom. The van der Waals surface area contributed by atoms with E-state index in [1.54, 1.807) is 24.3 Å². The Morgan fingerprint density at radius 1 is 0.667 bits per heavy atom. The van der Waals surface area contributed by atoms with Crippen molar-refractivity contribution in [1.82, 2.24) is 10.9 Å². The van der Waals surface area contributed by atoms with E-state index in [9.17, 15) is 18.4 Å². The van der Waals surface area contributed by atoms with Crippen molar-refractivity contribution in [2.45, 2.75) is 38.5 Å². The predicted molar refractivity (Wildman–Crippen MR) is 112 cm³/mol. The molecule has 2 amide bonds. The fourth-order valence-corrected chi connectivity index (χ4v) is 2.49. The predicted octanol–water partition coefficient (Wildman–Crippen LogP) is 3.91. The third-order valence-corrected chi connectivity index (χ3v) is 4.10. The van der Waals surface area contributed by atoms with Gasteiger partial charge in [-0.05, 0) is 48.2 Å². The highest BCUT2D eigenvalue weighted by molar-refractivity contribution is 5.83. The largest absolute Gasteiger partial charge is 0.273 e. The molecule has 2 aromatic rings. The van der Waals surface area contributed by atoms with Gasteiger partial charge in [0.2, 0.25) is 11.8 Å². The number of halogens is 2. The quantitative estimate of drug-likeness (QED) is 0.332. The van der Waals surface area contributed by atoms with Gasteiger partial charge < -0.3 is 0 Å². The number of amides is 2. The summed E-state index contributed by atoms with van der Waals surface area (Å²) < 4.78 is 25.6.